The molecule has 0 aliphatic carbocycles. The van der Waals surface area contributed by atoms with Gasteiger partial charge in [-0.3, -0.25) is 14.9 Å². The number of rotatable bonds is 2. The summed E-state index contributed by atoms with van der Waals surface area (Å²) in [7, 11) is 0. The molecule has 0 aromatic heterocycles. The highest BCUT2D eigenvalue weighted by Gasteiger charge is 2.44. The van der Waals surface area contributed by atoms with Crippen LogP contribution in [0.15, 0.2) is 30.0 Å². The Kier molecular flexibility index (Phi) is 3.81. The van der Waals surface area contributed by atoms with Crippen molar-refractivity contribution in [2.45, 2.75) is 24.6 Å². The molecule has 4 rings (SSSR count). The van der Waals surface area contributed by atoms with Crippen LogP contribution in [0.3, 0.4) is 0 Å². The van der Waals surface area contributed by atoms with Crippen LogP contribution in [0.1, 0.15) is 18.1 Å². The van der Waals surface area contributed by atoms with Crippen LogP contribution in [0.4, 0.5) is 8.78 Å². The second kappa shape index (κ2) is 5.89. The van der Waals surface area contributed by atoms with Crippen LogP contribution in [0, 0.1) is 17.6 Å². The molecule has 0 bridgehead atoms. The number of ether oxygens (including phenoxy) is 1. The van der Waals surface area contributed by atoms with Gasteiger partial charge in [0, 0.05) is 29.9 Å². The van der Waals surface area contributed by atoms with Crippen molar-refractivity contribution in [3.05, 3.63) is 47.2 Å². The van der Waals surface area contributed by atoms with E-state index in [0.29, 0.717) is 18.5 Å². The van der Waals surface area contributed by atoms with Gasteiger partial charge in [-0.15, -0.1) is 0 Å². The van der Waals surface area contributed by atoms with E-state index in [0.717, 1.165) is 18.2 Å². The van der Waals surface area contributed by atoms with Crippen molar-refractivity contribution in [1.82, 2.24) is 10.2 Å². The van der Waals surface area contributed by atoms with E-state index in [-0.39, 0.29) is 30.0 Å². The number of nitrogens with zero attached hydrogens (tertiary/aromatic N) is 1. The summed E-state index contributed by atoms with van der Waals surface area (Å²) in [5, 5.41) is 2.29. The fourth-order valence-electron chi connectivity index (χ4n) is 3.73. The van der Waals surface area contributed by atoms with Crippen LogP contribution >= 0.6 is 0 Å². The third kappa shape index (κ3) is 2.71. The number of nitrogens with one attached hydrogen (secondary N) is 1. The first-order valence-electron chi connectivity index (χ1n) is 8.09. The molecule has 3 aliphatic rings. The first kappa shape index (κ1) is 16.2. The first-order chi connectivity index (χ1) is 11.9. The zero-order chi connectivity index (χ0) is 17.7. The van der Waals surface area contributed by atoms with E-state index in [1.165, 1.54) is 0 Å². The van der Waals surface area contributed by atoms with Crippen LogP contribution in [0.2, 0.25) is 0 Å². The minimum Gasteiger partial charge on any atom is -0.370 e. The Morgan fingerprint density at radius 1 is 1.28 bits per heavy atom. The quantitative estimate of drug-likeness (QED) is 0.764. The third-order valence-electron chi connectivity index (χ3n) is 5.02. The van der Waals surface area contributed by atoms with E-state index in [4.69, 9.17) is 10.5 Å². The van der Waals surface area contributed by atoms with Gasteiger partial charge in [0.05, 0.1) is 18.6 Å². The molecule has 132 valence electrons. The van der Waals surface area contributed by atoms with Crippen LogP contribution in [-0.4, -0.2) is 41.9 Å². The molecular weight excluding hydrogens is 332 g/mol. The lowest BCUT2D eigenvalue weighted by Crippen LogP contribution is -2.48. The van der Waals surface area contributed by atoms with Gasteiger partial charge < -0.3 is 15.4 Å². The van der Waals surface area contributed by atoms with Crippen molar-refractivity contribution >= 4 is 11.8 Å². The molecular formula is C17H17F2N3O3. The Hall–Kier alpha value is -2.32. The van der Waals surface area contributed by atoms with Crippen molar-refractivity contribution in [1.29, 1.82) is 0 Å². The molecule has 3 N–H and O–H groups in total. The lowest BCUT2D eigenvalue weighted by atomic mass is 9.93. The lowest BCUT2D eigenvalue weighted by Gasteiger charge is -2.39. The van der Waals surface area contributed by atoms with Crippen molar-refractivity contribution in [2.24, 2.45) is 11.7 Å². The van der Waals surface area contributed by atoms with Gasteiger partial charge in [0.25, 0.3) is 5.91 Å². The van der Waals surface area contributed by atoms with Crippen LogP contribution in [-0.2, 0) is 14.3 Å². The SMILES string of the molecule is N[C@H]1C[C@@H](N2C=C3C(=O)NC(=O)C3C2)CO[C@@H]1c1cc(F)ccc1F. The molecule has 8 heteroatoms. The van der Waals surface area contributed by atoms with Gasteiger partial charge in [-0.25, -0.2) is 8.78 Å². The van der Waals surface area contributed by atoms with Crippen molar-refractivity contribution in [3.8, 4) is 0 Å². The maximum atomic E-state index is 14.0. The second-order valence-corrected chi connectivity index (χ2v) is 6.63. The zero-order valence-electron chi connectivity index (χ0n) is 13.2. The van der Waals surface area contributed by atoms with Crippen LogP contribution in [0.5, 0.6) is 0 Å². The van der Waals surface area contributed by atoms with E-state index >= 15 is 0 Å². The molecule has 2 amide bonds. The molecule has 0 saturated carbocycles. The molecule has 25 heavy (non-hydrogen) atoms. The maximum Gasteiger partial charge on any atom is 0.256 e. The Labute approximate surface area is 142 Å². The Bertz CT molecular complexity index is 782. The van der Waals surface area contributed by atoms with Crippen molar-refractivity contribution < 1.29 is 23.1 Å². The smallest absolute Gasteiger partial charge is 0.256 e. The predicted molar refractivity (Wildman–Crippen MR) is 82.9 cm³/mol. The van der Waals surface area contributed by atoms with Gasteiger partial charge in [0.15, 0.2) is 0 Å². The minimum absolute atomic E-state index is 0.108. The van der Waals surface area contributed by atoms with Gasteiger partial charge in [-0.2, -0.15) is 0 Å². The maximum absolute atomic E-state index is 14.0. The number of carbonyl (C=O) groups is 2. The number of hydrogen-bond acceptors (Lipinski definition) is 5. The van der Waals surface area contributed by atoms with Crippen LogP contribution < -0.4 is 11.1 Å². The first-order valence-corrected chi connectivity index (χ1v) is 8.09. The monoisotopic (exact) mass is 349 g/mol. The molecule has 2 saturated heterocycles. The normalized spacial score (nSPS) is 31.8. The van der Waals surface area contributed by atoms with Gasteiger partial charge >= 0.3 is 0 Å². The van der Waals surface area contributed by atoms with E-state index in [1.807, 2.05) is 4.90 Å². The molecule has 1 unspecified atom stereocenters. The summed E-state index contributed by atoms with van der Waals surface area (Å²) in [6.07, 6.45) is 1.42. The Balaban J connectivity index is 1.48. The molecule has 0 spiro atoms. The van der Waals surface area contributed by atoms with Gasteiger partial charge in [0.1, 0.15) is 17.7 Å². The summed E-state index contributed by atoms with van der Waals surface area (Å²) in [5.41, 5.74) is 6.71. The van der Waals surface area contributed by atoms with Crippen molar-refractivity contribution in [3.63, 3.8) is 0 Å². The standard InChI is InChI=1S/C17H17F2N3O3/c18-8-1-2-13(19)10(3-8)15-14(20)4-9(7-25-15)22-5-11-12(6-22)17(24)21-16(11)23/h1-3,5,9,12,14-15H,4,6-7,20H2,(H,21,23,24)/t9-,12?,14+,15-/m1/s1. The molecule has 3 heterocycles. The summed E-state index contributed by atoms with van der Waals surface area (Å²) >= 11 is 0. The number of fused-ring (bicyclic) bond motifs is 1. The van der Waals surface area contributed by atoms with Crippen molar-refractivity contribution in [2.75, 3.05) is 13.2 Å². The molecule has 6 nitrogen and oxygen atoms in total. The molecule has 4 atom stereocenters. The average molecular weight is 349 g/mol. The van der Waals surface area contributed by atoms with E-state index in [9.17, 15) is 18.4 Å². The highest BCUT2D eigenvalue weighted by molar-refractivity contribution is 6.15. The molecule has 1 aromatic rings. The molecule has 0 radical (unpaired) electrons. The fraction of sp³-hybridized carbons (Fsp3) is 0.412. The lowest BCUT2D eigenvalue weighted by molar-refractivity contribution is -0.126. The summed E-state index contributed by atoms with van der Waals surface area (Å²) in [5.74, 6) is -2.21. The largest absolute Gasteiger partial charge is 0.370 e. The summed E-state index contributed by atoms with van der Waals surface area (Å²) in [4.78, 5) is 25.3. The topological polar surface area (TPSA) is 84.7 Å². The second-order valence-electron chi connectivity index (χ2n) is 6.63. The fourth-order valence-corrected chi connectivity index (χ4v) is 3.73. The number of halogens is 2. The number of hydrogen-bond donors (Lipinski definition) is 2. The van der Waals surface area contributed by atoms with Gasteiger partial charge in [0.2, 0.25) is 5.91 Å². The molecule has 3 aliphatic heterocycles. The van der Waals surface area contributed by atoms with E-state index in [1.54, 1.807) is 6.20 Å². The number of carbonyl (C=O) groups excluding carboxylic acids is 2. The highest BCUT2D eigenvalue weighted by atomic mass is 19.1. The Morgan fingerprint density at radius 2 is 2.08 bits per heavy atom. The zero-order valence-corrected chi connectivity index (χ0v) is 13.2. The number of imide groups is 1. The number of benzene rings is 1. The summed E-state index contributed by atoms with van der Waals surface area (Å²) in [6, 6.07) is 2.56. The van der Waals surface area contributed by atoms with Gasteiger partial charge in [-0.05, 0) is 24.6 Å². The average Bonchev–Trinajstić information content (AvgIpc) is 3.12. The van der Waals surface area contributed by atoms with E-state index in [2.05, 4.69) is 5.32 Å². The summed E-state index contributed by atoms with van der Waals surface area (Å²) in [6.45, 7) is 0.646. The van der Waals surface area contributed by atoms with Crippen LogP contribution in [0.25, 0.3) is 0 Å². The number of nitrogens with two attached hydrogens (primary N) is 1. The van der Waals surface area contributed by atoms with Gasteiger partial charge in [-0.1, -0.05) is 0 Å². The number of amides is 2. The highest BCUT2D eigenvalue weighted by Crippen LogP contribution is 2.34. The molecule has 1 aromatic carbocycles. The molecule has 2 fully saturated rings. The van der Waals surface area contributed by atoms with E-state index < -0.39 is 29.7 Å². The predicted octanol–water partition coefficient (Wildman–Crippen LogP) is 0.594. The Morgan fingerprint density at radius 3 is 2.80 bits per heavy atom. The summed E-state index contributed by atoms with van der Waals surface area (Å²) < 4.78 is 33.1. The minimum atomic E-state index is -0.730. The third-order valence-corrected chi connectivity index (χ3v) is 5.02.